The molecule has 0 amide bonds. The summed E-state index contributed by atoms with van der Waals surface area (Å²) in [5.74, 6) is 0.721. The van der Waals surface area contributed by atoms with Crippen molar-refractivity contribution in [2.24, 2.45) is 13.0 Å². The topological polar surface area (TPSA) is 82.2 Å². The van der Waals surface area contributed by atoms with Gasteiger partial charge in [-0.3, -0.25) is 10.1 Å². The van der Waals surface area contributed by atoms with Gasteiger partial charge in [0.25, 0.3) is 0 Å². The van der Waals surface area contributed by atoms with Gasteiger partial charge < -0.3 is 10.1 Å². The molecule has 0 aliphatic heterocycles. The van der Waals surface area contributed by atoms with E-state index in [1.54, 1.807) is 18.8 Å². The largest absolute Gasteiger partial charge is 0.383 e. The van der Waals surface area contributed by atoms with Gasteiger partial charge in [0.1, 0.15) is 5.69 Å². The average Bonchev–Trinajstić information content (AvgIpc) is 2.66. The summed E-state index contributed by atoms with van der Waals surface area (Å²) in [5.41, 5.74) is 0.559. The summed E-state index contributed by atoms with van der Waals surface area (Å²) in [5, 5.41) is 18.8. The number of methoxy groups -OCH3 is 1. The molecule has 0 radical (unpaired) electrons. The third-order valence-electron chi connectivity index (χ3n) is 3.25. The van der Waals surface area contributed by atoms with Gasteiger partial charge in [-0.05, 0) is 5.92 Å². The minimum Gasteiger partial charge on any atom is -0.383 e. The van der Waals surface area contributed by atoms with Crippen LogP contribution < -0.4 is 5.32 Å². The predicted molar refractivity (Wildman–Crippen MR) is 78.1 cm³/mol. The zero-order chi connectivity index (χ0) is 15.4. The lowest BCUT2D eigenvalue weighted by atomic mass is 10.0. The van der Waals surface area contributed by atoms with Crippen LogP contribution in [0.15, 0.2) is 0 Å². The quantitative estimate of drug-likeness (QED) is 0.614. The molecule has 0 saturated carbocycles. The van der Waals surface area contributed by atoms with Crippen molar-refractivity contribution in [1.82, 2.24) is 9.78 Å². The normalized spacial score (nSPS) is 13.0. The molecule has 1 aromatic rings. The van der Waals surface area contributed by atoms with Crippen molar-refractivity contribution >= 4 is 11.5 Å². The Balaban J connectivity index is 3.19. The molecule has 0 aliphatic carbocycles. The lowest BCUT2D eigenvalue weighted by molar-refractivity contribution is -0.384. The second kappa shape index (κ2) is 6.69. The Morgan fingerprint density at radius 3 is 2.40 bits per heavy atom. The number of anilines is 1. The van der Waals surface area contributed by atoms with Crippen LogP contribution in [0.4, 0.5) is 11.5 Å². The van der Waals surface area contributed by atoms with Crippen LogP contribution in [0.1, 0.15) is 39.3 Å². The summed E-state index contributed by atoms with van der Waals surface area (Å²) >= 11 is 0. The maximum absolute atomic E-state index is 11.4. The van der Waals surface area contributed by atoms with Crippen LogP contribution in [0, 0.1) is 16.0 Å². The SMILES string of the molecule is COCC(Nc1c([N+](=O)[O-])c(C(C)C)nn1C)C(C)C. The smallest absolute Gasteiger partial charge is 0.334 e. The van der Waals surface area contributed by atoms with Crippen LogP contribution >= 0.6 is 0 Å². The maximum Gasteiger partial charge on any atom is 0.334 e. The van der Waals surface area contributed by atoms with Crippen LogP contribution in [0.5, 0.6) is 0 Å². The van der Waals surface area contributed by atoms with E-state index in [1.807, 2.05) is 27.7 Å². The molecule has 0 spiro atoms. The summed E-state index contributed by atoms with van der Waals surface area (Å²) < 4.78 is 6.71. The summed E-state index contributed by atoms with van der Waals surface area (Å²) in [6.07, 6.45) is 0. The molecule has 0 bridgehead atoms. The Hall–Kier alpha value is -1.63. The maximum atomic E-state index is 11.4. The number of hydrogen-bond donors (Lipinski definition) is 1. The van der Waals surface area contributed by atoms with Crippen molar-refractivity contribution in [2.45, 2.75) is 39.7 Å². The Labute approximate surface area is 119 Å². The highest BCUT2D eigenvalue weighted by Gasteiger charge is 2.30. The van der Waals surface area contributed by atoms with Crippen molar-refractivity contribution < 1.29 is 9.66 Å². The lowest BCUT2D eigenvalue weighted by Crippen LogP contribution is -2.31. The van der Waals surface area contributed by atoms with E-state index in [2.05, 4.69) is 10.4 Å². The first kappa shape index (κ1) is 16.4. The average molecular weight is 284 g/mol. The van der Waals surface area contributed by atoms with E-state index in [-0.39, 0.29) is 28.5 Å². The van der Waals surface area contributed by atoms with E-state index in [0.29, 0.717) is 18.1 Å². The van der Waals surface area contributed by atoms with E-state index in [1.165, 1.54) is 0 Å². The molecule has 0 aliphatic rings. The fraction of sp³-hybridized carbons (Fsp3) is 0.769. The molecule has 0 aromatic carbocycles. The van der Waals surface area contributed by atoms with Gasteiger partial charge in [-0.2, -0.15) is 5.10 Å². The molecule has 1 N–H and O–H groups in total. The first-order valence-electron chi connectivity index (χ1n) is 6.76. The van der Waals surface area contributed by atoms with E-state index in [9.17, 15) is 10.1 Å². The van der Waals surface area contributed by atoms with Gasteiger partial charge in [-0.1, -0.05) is 27.7 Å². The number of rotatable bonds is 7. The zero-order valence-electron chi connectivity index (χ0n) is 13.0. The standard InChI is InChI=1S/C13H24N4O3/c1-8(2)10(7-20-6)14-13-12(17(18)19)11(9(3)4)15-16(13)5/h8-10,14H,7H2,1-6H3. The van der Waals surface area contributed by atoms with E-state index < -0.39 is 0 Å². The second-order valence-electron chi connectivity index (χ2n) is 5.57. The van der Waals surface area contributed by atoms with Gasteiger partial charge in [-0.25, -0.2) is 4.68 Å². The summed E-state index contributed by atoms with van der Waals surface area (Å²) in [6.45, 7) is 8.36. The Bertz CT molecular complexity index is 468. The Kier molecular flexibility index (Phi) is 5.50. The van der Waals surface area contributed by atoms with Crippen molar-refractivity contribution in [2.75, 3.05) is 19.0 Å². The Morgan fingerprint density at radius 2 is 2.00 bits per heavy atom. The molecular weight excluding hydrogens is 260 g/mol. The molecule has 20 heavy (non-hydrogen) atoms. The number of nitrogens with zero attached hydrogens (tertiary/aromatic N) is 3. The van der Waals surface area contributed by atoms with Crippen LogP contribution in [0.25, 0.3) is 0 Å². The van der Waals surface area contributed by atoms with Crippen molar-refractivity contribution in [3.63, 3.8) is 0 Å². The first-order valence-corrected chi connectivity index (χ1v) is 6.76. The van der Waals surface area contributed by atoms with Gasteiger partial charge in [0.15, 0.2) is 0 Å². The highest BCUT2D eigenvalue weighted by molar-refractivity contribution is 5.61. The number of ether oxygens (including phenoxy) is 1. The molecule has 1 unspecified atom stereocenters. The van der Waals surface area contributed by atoms with Crippen molar-refractivity contribution in [3.05, 3.63) is 15.8 Å². The van der Waals surface area contributed by atoms with E-state index >= 15 is 0 Å². The lowest BCUT2D eigenvalue weighted by Gasteiger charge is -2.22. The van der Waals surface area contributed by atoms with Gasteiger partial charge in [0, 0.05) is 20.1 Å². The summed E-state index contributed by atoms with van der Waals surface area (Å²) in [6, 6.07) is -0.00545. The van der Waals surface area contributed by atoms with Crippen LogP contribution in [-0.4, -0.2) is 34.5 Å². The van der Waals surface area contributed by atoms with E-state index in [0.717, 1.165) is 0 Å². The minimum atomic E-state index is -0.366. The van der Waals surface area contributed by atoms with Crippen molar-refractivity contribution in [3.8, 4) is 0 Å². The Morgan fingerprint density at radius 1 is 1.40 bits per heavy atom. The van der Waals surface area contributed by atoms with Crippen molar-refractivity contribution in [1.29, 1.82) is 0 Å². The number of nitro groups is 1. The van der Waals surface area contributed by atoms with Crippen LogP contribution in [-0.2, 0) is 11.8 Å². The van der Waals surface area contributed by atoms with Gasteiger partial charge in [0.2, 0.25) is 5.82 Å². The molecule has 0 fully saturated rings. The number of hydrogen-bond acceptors (Lipinski definition) is 5. The van der Waals surface area contributed by atoms with Gasteiger partial charge in [-0.15, -0.1) is 0 Å². The molecular formula is C13H24N4O3. The van der Waals surface area contributed by atoms with Gasteiger partial charge in [0.05, 0.1) is 17.6 Å². The third kappa shape index (κ3) is 3.47. The highest BCUT2D eigenvalue weighted by Crippen LogP contribution is 2.33. The van der Waals surface area contributed by atoms with Crippen LogP contribution in [0.2, 0.25) is 0 Å². The molecule has 114 valence electrons. The first-order chi connectivity index (χ1) is 9.29. The molecule has 1 rings (SSSR count). The minimum absolute atomic E-state index is 0.00271. The molecule has 1 atom stereocenters. The highest BCUT2D eigenvalue weighted by atomic mass is 16.6. The molecule has 1 aromatic heterocycles. The number of aryl methyl sites for hydroxylation is 1. The van der Waals surface area contributed by atoms with Gasteiger partial charge >= 0.3 is 5.69 Å². The predicted octanol–water partition coefficient (Wildman–Crippen LogP) is 2.53. The summed E-state index contributed by atoms with van der Waals surface area (Å²) in [4.78, 5) is 11.0. The number of nitrogens with one attached hydrogen (secondary N) is 1. The second-order valence-corrected chi connectivity index (χ2v) is 5.57. The number of aromatic nitrogens is 2. The zero-order valence-corrected chi connectivity index (χ0v) is 13.0. The third-order valence-corrected chi connectivity index (χ3v) is 3.25. The summed E-state index contributed by atoms with van der Waals surface area (Å²) in [7, 11) is 3.33. The van der Waals surface area contributed by atoms with E-state index in [4.69, 9.17) is 4.74 Å². The molecule has 7 nitrogen and oxygen atoms in total. The molecule has 0 saturated heterocycles. The molecule has 1 heterocycles. The molecule has 7 heteroatoms. The van der Waals surface area contributed by atoms with Crippen LogP contribution in [0.3, 0.4) is 0 Å². The fourth-order valence-electron chi connectivity index (χ4n) is 2.02. The monoisotopic (exact) mass is 284 g/mol. The fourth-order valence-corrected chi connectivity index (χ4v) is 2.02.